The second-order valence-electron chi connectivity index (χ2n) is 7.04. The van der Waals surface area contributed by atoms with Crippen LogP contribution >= 0.6 is 0 Å². The molecule has 0 aliphatic rings. The van der Waals surface area contributed by atoms with Crippen molar-refractivity contribution in [3.8, 4) is 0 Å². The van der Waals surface area contributed by atoms with Gasteiger partial charge < -0.3 is 25.5 Å². The minimum Gasteiger partial charge on any atom is -0.445 e. The highest BCUT2D eigenvalue weighted by molar-refractivity contribution is 5.91. The van der Waals surface area contributed by atoms with Crippen molar-refractivity contribution in [1.29, 1.82) is 0 Å². The number of rotatable bonds is 10. The van der Waals surface area contributed by atoms with E-state index in [2.05, 4.69) is 16.0 Å². The van der Waals surface area contributed by atoms with Crippen molar-refractivity contribution in [2.24, 2.45) is 5.92 Å². The van der Waals surface area contributed by atoms with Gasteiger partial charge in [0.25, 0.3) is 0 Å². The highest BCUT2D eigenvalue weighted by Crippen LogP contribution is 2.03. The first-order valence-corrected chi connectivity index (χ1v) is 9.26. The Kier molecular flexibility index (Phi) is 9.70. The Morgan fingerprint density at radius 3 is 2.07 bits per heavy atom. The van der Waals surface area contributed by atoms with E-state index in [0.717, 1.165) is 5.56 Å². The van der Waals surface area contributed by atoms with Gasteiger partial charge in [0.05, 0.1) is 6.04 Å². The molecule has 0 aromatic heterocycles. The highest BCUT2D eigenvalue weighted by Gasteiger charge is 2.23. The third-order valence-electron chi connectivity index (χ3n) is 3.91. The number of carbonyl (C=O) groups is 4. The summed E-state index contributed by atoms with van der Waals surface area (Å²) in [6.45, 7) is 6.96. The summed E-state index contributed by atoms with van der Waals surface area (Å²) in [4.78, 5) is 47.2. The van der Waals surface area contributed by atoms with Crippen molar-refractivity contribution in [2.75, 3.05) is 0 Å². The number of hydrogen-bond acceptors (Lipinski definition) is 5. The maximum Gasteiger partial charge on any atom is 0.408 e. The van der Waals surface area contributed by atoms with Gasteiger partial charge in [0, 0.05) is 0 Å². The van der Waals surface area contributed by atoms with E-state index in [1.54, 1.807) is 0 Å². The summed E-state index contributed by atoms with van der Waals surface area (Å²) in [5.41, 5.74) is 0.825. The SMILES string of the molecule is CC(C)C[C@@H](C=O)NC(=O)[C@H](C)NC(=O)[C@@H](C)NC(=O)OCc1ccccc1. The molecule has 154 valence electrons. The van der Waals surface area contributed by atoms with Crippen LogP contribution in [-0.2, 0) is 25.7 Å². The van der Waals surface area contributed by atoms with Crippen molar-refractivity contribution < 1.29 is 23.9 Å². The second-order valence-corrected chi connectivity index (χ2v) is 7.04. The van der Waals surface area contributed by atoms with Gasteiger partial charge in [-0.3, -0.25) is 9.59 Å². The number of nitrogens with one attached hydrogen (secondary N) is 3. The fourth-order valence-corrected chi connectivity index (χ4v) is 2.38. The van der Waals surface area contributed by atoms with Crippen LogP contribution in [0.25, 0.3) is 0 Å². The fraction of sp³-hybridized carbons (Fsp3) is 0.500. The Bertz CT molecular complexity index is 663. The zero-order valence-electron chi connectivity index (χ0n) is 16.7. The van der Waals surface area contributed by atoms with Crippen molar-refractivity contribution in [2.45, 2.75) is 58.8 Å². The monoisotopic (exact) mass is 391 g/mol. The molecule has 3 N–H and O–H groups in total. The van der Waals surface area contributed by atoms with Gasteiger partial charge in [-0.05, 0) is 31.7 Å². The number of carbonyl (C=O) groups excluding carboxylic acids is 4. The summed E-state index contributed by atoms with van der Waals surface area (Å²) < 4.78 is 5.06. The number of aldehydes is 1. The molecule has 3 atom stereocenters. The molecule has 8 nitrogen and oxygen atoms in total. The Hall–Kier alpha value is -2.90. The molecule has 1 aromatic rings. The first kappa shape index (κ1) is 23.1. The van der Waals surface area contributed by atoms with Crippen LogP contribution in [-0.4, -0.2) is 42.3 Å². The minimum atomic E-state index is -0.893. The number of hydrogen-bond donors (Lipinski definition) is 3. The van der Waals surface area contributed by atoms with E-state index in [-0.39, 0.29) is 12.5 Å². The minimum absolute atomic E-state index is 0.0861. The maximum absolute atomic E-state index is 12.2. The lowest BCUT2D eigenvalue weighted by molar-refractivity contribution is -0.130. The van der Waals surface area contributed by atoms with Gasteiger partial charge in [0.15, 0.2) is 0 Å². The lowest BCUT2D eigenvalue weighted by Gasteiger charge is -2.20. The molecule has 0 unspecified atom stereocenters. The van der Waals surface area contributed by atoms with E-state index in [1.165, 1.54) is 13.8 Å². The summed E-state index contributed by atoms with van der Waals surface area (Å²) in [5.74, 6) is -0.762. The van der Waals surface area contributed by atoms with Gasteiger partial charge in [-0.2, -0.15) is 0 Å². The quantitative estimate of drug-likeness (QED) is 0.524. The molecular weight excluding hydrogens is 362 g/mol. The number of amides is 3. The van der Waals surface area contributed by atoms with Gasteiger partial charge in [0.2, 0.25) is 11.8 Å². The molecule has 28 heavy (non-hydrogen) atoms. The topological polar surface area (TPSA) is 114 Å². The second kappa shape index (κ2) is 11.7. The highest BCUT2D eigenvalue weighted by atomic mass is 16.5. The summed E-state index contributed by atoms with van der Waals surface area (Å²) in [6.07, 6.45) is 0.460. The first-order valence-electron chi connectivity index (χ1n) is 9.26. The van der Waals surface area contributed by atoms with Gasteiger partial charge >= 0.3 is 6.09 Å². The molecule has 0 fully saturated rings. The van der Waals surface area contributed by atoms with Crippen molar-refractivity contribution in [1.82, 2.24) is 16.0 Å². The molecular formula is C20H29N3O5. The summed E-state index contributed by atoms with van der Waals surface area (Å²) in [5, 5.41) is 7.50. The van der Waals surface area contributed by atoms with Crippen molar-refractivity contribution >= 4 is 24.2 Å². The zero-order chi connectivity index (χ0) is 21.1. The van der Waals surface area contributed by atoms with E-state index in [0.29, 0.717) is 12.7 Å². The molecule has 0 aliphatic carbocycles. The first-order chi connectivity index (χ1) is 13.2. The van der Waals surface area contributed by atoms with Crippen molar-refractivity contribution in [3.05, 3.63) is 35.9 Å². The van der Waals surface area contributed by atoms with Gasteiger partial charge in [0.1, 0.15) is 25.0 Å². The lowest BCUT2D eigenvalue weighted by atomic mass is 10.0. The average molecular weight is 391 g/mol. The predicted molar refractivity (Wildman–Crippen MR) is 104 cm³/mol. The molecule has 0 saturated heterocycles. The average Bonchev–Trinajstić information content (AvgIpc) is 2.65. The van der Waals surface area contributed by atoms with E-state index < -0.39 is 36.0 Å². The van der Waals surface area contributed by atoms with E-state index in [9.17, 15) is 19.2 Å². The van der Waals surface area contributed by atoms with Gasteiger partial charge in [-0.15, -0.1) is 0 Å². The Balaban J connectivity index is 2.41. The number of alkyl carbamates (subject to hydrolysis) is 1. The third-order valence-corrected chi connectivity index (χ3v) is 3.91. The molecule has 0 saturated carbocycles. The molecule has 1 rings (SSSR count). The number of ether oxygens (including phenoxy) is 1. The number of benzene rings is 1. The fourth-order valence-electron chi connectivity index (χ4n) is 2.38. The molecule has 1 aromatic carbocycles. The Morgan fingerprint density at radius 2 is 1.50 bits per heavy atom. The lowest BCUT2D eigenvalue weighted by Crippen LogP contribution is -2.53. The van der Waals surface area contributed by atoms with Gasteiger partial charge in [-0.1, -0.05) is 44.2 Å². The third kappa shape index (κ3) is 8.66. The van der Waals surface area contributed by atoms with E-state index in [1.807, 2.05) is 44.2 Å². The van der Waals surface area contributed by atoms with Crippen LogP contribution in [0, 0.1) is 5.92 Å². The van der Waals surface area contributed by atoms with Gasteiger partial charge in [-0.25, -0.2) is 4.79 Å². The molecule has 0 heterocycles. The zero-order valence-corrected chi connectivity index (χ0v) is 16.7. The van der Waals surface area contributed by atoms with Crippen LogP contribution in [0.15, 0.2) is 30.3 Å². The molecule has 0 radical (unpaired) electrons. The van der Waals surface area contributed by atoms with E-state index >= 15 is 0 Å². The van der Waals surface area contributed by atoms with Crippen molar-refractivity contribution in [3.63, 3.8) is 0 Å². The summed E-state index contributed by atoms with van der Waals surface area (Å²) >= 11 is 0. The Labute approximate surface area is 165 Å². The maximum atomic E-state index is 12.2. The van der Waals surface area contributed by atoms with Crippen LogP contribution < -0.4 is 16.0 Å². The molecule has 0 aliphatic heterocycles. The normalized spacial score (nSPS) is 13.8. The molecule has 0 spiro atoms. The molecule has 0 bridgehead atoms. The van der Waals surface area contributed by atoms with Crippen LogP contribution in [0.5, 0.6) is 0 Å². The molecule has 8 heteroatoms. The van der Waals surface area contributed by atoms with Crippen LogP contribution in [0.1, 0.15) is 39.7 Å². The Morgan fingerprint density at radius 1 is 0.929 bits per heavy atom. The largest absolute Gasteiger partial charge is 0.445 e. The predicted octanol–water partition coefficient (Wildman–Crippen LogP) is 1.54. The standard InChI is InChI=1S/C20H29N3O5/c1-13(2)10-17(11-24)23-19(26)14(3)21-18(25)15(4)22-20(27)28-12-16-8-6-5-7-9-16/h5-9,11,13-15,17H,10,12H2,1-4H3,(H,21,25)(H,22,27)(H,23,26)/t14-,15+,17-/m0/s1. The summed E-state index contributed by atoms with van der Waals surface area (Å²) in [7, 11) is 0. The van der Waals surface area contributed by atoms with Crippen LogP contribution in [0.3, 0.4) is 0 Å². The molecule has 3 amide bonds. The van der Waals surface area contributed by atoms with Crippen LogP contribution in [0.4, 0.5) is 4.79 Å². The van der Waals surface area contributed by atoms with Crippen LogP contribution in [0.2, 0.25) is 0 Å². The van der Waals surface area contributed by atoms with E-state index in [4.69, 9.17) is 4.74 Å². The summed E-state index contributed by atoms with van der Waals surface area (Å²) in [6, 6.07) is 6.79. The smallest absolute Gasteiger partial charge is 0.408 e.